The zero-order chi connectivity index (χ0) is 9.84. The van der Waals surface area contributed by atoms with E-state index in [-0.39, 0.29) is 18.1 Å². The molecule has 0 aromatic heterocycles. The van der Waals surface area contributed by atoms with E-state index in [1.54, 1.807) is 13.8 Å². The second-order valence-corrected chi connectivity index (χ2v) is 3.95. The van der Waals surface area contributed by atoms with E-state index in [0.29, 0.717) is 0 Å². The summed E-state index contributed by atoms with van der Waals surface area (Å²) in [7, 11) is 0. The lowest BCUT2D eigenvalue weighted by Gasteiger charge is -2.35. The minimum Gasteiger partial charge on any atom is -0.393 e. The zero-order valence-electron chi connectivity index (χ0n) is 8.49. The van der Waals surface area contributed by atoms with Crippen molar-refractivity contribution in [3.05, 3.63) is 0 Å². The molecule has 1 N–H and O–H groups in total. The molecule has 1 rings (SSSR count). The first-order valence-electron chi connectivity index (χ1n) is 5.06. The lowest BCUT2D eigenvalue weighted by Crippen LogP contribution is -2.43. The fraction of sp³-hybridized carbons (Fsp3) is 0.900. The average Bonchev–Trinajstić information content (AvgIpc) is 2.03. The second kappa shape index (κ2) is 4.61. The Labute approximate surface area is 79.7 Å². The standard InChI is InChI=1S/C10H19NO2/c1-8(12)7-10-5-3-4-6-11(10)9(2)13/h8,10,12H,3-7H2,1-2H3. The number of rotatable bonds is 2. The van der Waals surface area contributed by atoms with Gasteiger partial charge in [-0.25, -0.2) is 0 Å². The van der Waals surface area contributed by atoms with E-state index in [1.165, 1.54) is 6.42 Å². The molecule has 1 aliphatic rings. The highest BCUT2D eigenvalue weighted by Gasteiger charge is 2.24. The van der Waals surface area contributed by atoms with Crippen LogP contribution in [0.2, 0.25) is 0 Å². The SMILES string of the molecule is CC(=O)N1CCCCC1CC(C)O. The monoisotopic (exact) mass is 185 g/mol. The number of hydrogen-bond acceptors (Lipinski definition) is 2. The van der Waals surface area contributed by atoms with Crippen molar-refractivity contribution < 1.29 is 9.90 Å². The third-order valence-corrected chi connectivity index (χ3v) is 2.64. The first kappa shape index (κ1) is 10.5. The van der Waals surface area contributed by atoms with Gasteiger partial charge in [-0.3, -0.25) is 4.79 Å². The van der Waals surface area contributed by atoms with Gasteiger partial charge in [0, 0.05) is 19.5 Å². The van der Waals surface area contributed by atoms with Crippen LogP contribution in [0, 0.1) is 0 Å². The number of aliphatic hydroxyl groups is 1. The number of carbonyl (C=O) groups is 1. The Morgan fingerprint density at radius 2 is 2.31 bits per heavy atom. The second-order valence-electron chi connectivity index (χ2n) is 3.95. The maximum atomic E-state index is 11.2. The molecule has 0 radical (unpaired) electrons. The fourth-order valence-corrected chi connectivity index (χ4v) is 2.05. The summed E-state index contributed by atoms with van der Waals surface area (Å²) in [6.07, 6.45) is 3.76. The first-order chi connectivity index (χ1) is 6.11. The van der Waals surface area contributed by atoms with Crippen molar-refractivity contribution in [1.29, 1.82) is 0 Å². The summed E-state index contributed by atoms with van der Waals surface area (Å²) >= 11 is 0. The number of nitrogens with zero attached hydrogens (tertiary/aromatic N) is 1. The van der Waals surface area contributed by atoms with Crippen molar-refractivity contribution in [3.8, 4) is 0 Å². The molecule has 3 heteroatoms. The molecule has 0 spiro atoms. The lowest BCUT2D eigenvalue weighted by atomic mass is 9.97. The van der Waals surface area contributed by atoms with Crippen molar-refractivity contribution in [2.75, 3.05) is 6.54 Å². The van der Waals surface area contributed by atoms with E-state index in [0.717, 1.165) is 25.8 Å². The number of hydrogen-bond donors (Lipinski definition) is 1. The summed E-state index contributed by atoms with van der Waals surface area (Å²) in [5, 5.41) is 9.27. The third-order valence-electron chi connectivity index (χ3n) is 2.64. The Hall–Kier alpha value is -0.570. The Bertz CT molecular complexity index is 180. The Balaban J connectivity index is 2.51. The maximum Gasteiger partial charge on any atom is 0.219 e. The van der Waals surface area contributed by atoms with Gasteiger partial charge >= 0.3 is 0 Å². The maximum absolute atomic E-state index is 11.2. The van der Waals surface area contributed by atoms with E-state index in [1.807, 2.05) is 4.90 Å². The van der Waals surface area contributed by atoms with Crippen LogP contribution in [-0.2, 0) is 4.79 Å². The Morgan fingerprint density at radius 3 is 2.85 bits per heavy atom. The highest BCUT2D eigenvalue weighted by Crippen LogP contribution is 2.20. The van der Waals surface area contributed by atoms with Crippen LogP contribution < -0.4 is 0 Å². The molecule has 1 saturated heterocycles. The van der Waals surface area contributed by atoms with E-state index in [4.69, 9.17) is 0 Å². The molecule has 0 saturated carbocycles. The average molecular weight is 185 g/mol. The molecule has 1 fully saturated rings. The van der Waals surface area contributed by atoms with Gasteiger partial charge in [-0.05, 0) is 32.6 Å². The summed E-state index contributed by atoms with van der Waals surface area (Å²) in [6.45, 7) is 4.26. The van der Waals surface area contributed by atoms with Crippen LogP contribution in [0.25, 0.3) is 0 Å². The summed E-state index contributed by atoms with van der Waals surface area (Å²) in [5.74, 6) is 0.144. The molecule has 3 nitrogen and oxygen atoms in total. The van der Waals surface area contributed by atoms with Gasteiger partial charge in [0.25, 0.3) is 0 Å². The largest absolute Gasteiger partial charge is 0.393 e. The van der Waals surface area contributed by atoms with Gasteiger partial charge in [-0.2, -0.15) is 0 Å². The van der Waals surface area contributed by atoms with Gasteiger partial charge in [-0.15, -0.1) is 0 Å². The van der Waals surface area contributed by atoms with Gasteiger partial charge in [-0.1, -0.05) is 0 Å². The number of aliphatic hydroxyl groups excluding tert-OH is 1. The van der Waals surface area contributed by atoms with Crippen molar-refractivity contribution >= 4 is 5.91 Å². The predicted octanol–water partition coefficient (Wildman–Crippen LogP) is 1.16. The van der Waals surface area contributed by atoms with Gasteiger partial charge in [0.15, 0.2) is 0 Å². The number of amides is 1. The molecule has 0 aliphatic carbocycles. The van der Waals surface area contributed by atoms with Crippen molar-refractivity contribution in [2.45, 2.75) is 51.7 Å². The lowest BCUT2D eigenvalue weighted by molar-refractivity contribution is -0.133. The molecule has 0 aromatic rings. The summed E-state index contributed by atoms with van der Waals surface area (Å²) in [5.41, 5.74) is 0. The molecular weight excluding hydrogens is 166 g/mol. The molecule has 0 bridgehead atoms. The van der Waals surface area contributed by atoms with Crippen LogP contribution in [0.3, 0.4) is 0 Å². The minimum atomic E-state index is -0.301. The smallest absolute Gasteiger partial charge is 0.219 e. The third kappa shape index (κ3) is 2.99. The van der Waals surface area contributed by atoms with Crippen LogP contribution >= 0.6 is 0 Å². The fourth-order valence-electron chi connectivity index (χ4n) is 2.05. The highest BCUT2D eigenvalue weighted by atomic mass is 16.3. The predicted molar refractivity (Wildman–Crippen MR) is 51.3 cm³/mol. The van der Waals surface area contributed by atoms with E-state index in [2.05, 4.69) is 0 Å². The number of piperidine rings is 1. The minimum absolute atomic E-state index is 0.144. The first-order valence-corrected chi connectivity index (χ1v) is 5.06. The normalized spacial score (nSPS) is 25.8. The quantitative estimate of drug-likeness (QED) is 0.701. The molecule has 2 unspecified atom stereocenters. The van der Waals surface area contributed by atoms with E-state index < -0.39 is 0 Å². The van der Waals surface area contributed by atoms with Crippen LogP contribution in [0.15, 0.2) is 0 Å². The van der Waals surface area contributed by atoms with Gasteiger partial charge in [0.05, 0.1) is 6.10 Å². The summed E-state index contributed by atoms with van der Waals surface area (Å²) < 4.78 is 0. The molecule has 0 aromatic carbocycles. The molecule has 13 heavy (non-hydrogen) atoms. The van der Waals surface area contributed by atoms with E-state index in [9.17, 15) is 9.90 Å². The molecular formula is C10H19NO2. The molecule has 76 valence electrons. The van der Waals surface area contributed by atoms with E-state index >= 15 is 0 Å². The van der Waals surface area contributed by atoms with Crippen molar-refractivity contribution in [2.24, 2.45) is 0 Å². The van der Waals surface area contributed by atoms with Gasteiger partial charge in [0.1, 0.15) is 0 Å². The van der Waals surface area contributed by atoms with Crippen LogP contribution in [0.5, 0.6) is 0 Å². The van der Waals surface area contributed by atoms with Crippen molar-refractivity contribution in [1.82, 2.24) is 4.90 Å². The zero-order valence-corrected chi connectivity index (χ0v) is 8.49. The summed E-state index contributed by atoms with van der Waals surface area (Å²) in [4.78, 5) is 13.1. The molecule has 1 aliphatic heterocycles. The Kier molecular flexibility index (Phi) is 3.72. The molecule has 2 atom stereocenters. The van der Waals surface area contributed by atoms with Crippen LogP contribution in [0.1, 0.15) is 39.5 Å². The molecule has 1 heterocycles. The Morgan fingerprint density at radius 1 is 1.62 bits per heavy atom. The number of carbonyl (C=O) groups excluding carboxylic acids is 1. The van der Waals surface area contributed by atoms with Crippen LogP contribution in [-0.4, -0.2) is 34.6 Å². The van der Waals surface area contributed by atoms with Gasteiger partial charge in [0.2, 0.25) is 5.91 Å². The highest BCUT2D eigenvalue weighted by molar-refractivity contribution is 5.73. The number of likely N-dealkylation sites (tertiary alicyclic amines) is 1. The molecule has 1 amide bonds. The van der Waals surface area contributed by atoms with Crippen LogP contribution in [0.4, 0.5) is 0 Å². The summed E-state index contributed by atoms with van der Waals surface area (Å²) in [6, 6.07) is 0.270. The topological polar surface area (TPSA) is 40.5 Å². The van der Waals surface area contributed by atoms with Gasteiger partial charge < -0.3 is 10.0 Å². The van der Waals surface area contributed by atoms with Crippen molar-refractivity contribution in [3.63, 3.8) is 0 Å².